The van der Waals surface area contributed by atoms with E-state index in [1.807, 2.05) is 27.3 Å². The van der Waals surface area contributed by atoms with Crippen molar-refractivity contribution in [3.63, 3.8) is 0 Å². The van der Waals surface area contributed by atoms with Crippen LogP contribution < -0.4 is 10.0 Å². The van der Waals surface area contributed by atoms with E-state index in [2.05, 4.69) is 5.32 Å². The third-order valence-electron chi connectivity index (χ3n) is 5.00. The Bertz CT molecular complexity index is 1010. The second-order valence-corrected chi connectivity index (χ2v) is 10.9. The fraction of sp³-hybridized carbons (Fsp3) is 0.444. The maximum Gasteiger partial charge on any atom is 0.238 e. The van der Waals surface area contributed by atoms with E-state index in [4.69, 9.17) is 5.11 Å². The van der Waals surface area contributed by atoms with Crippen molar-refractivity contribution < 1.29 is 36.2 Å². The first-order chi connectivity index (χ1) is 14.0. The van der Waals surface area contributed by atoms with E-state index in [0.29, 0.717) is 6.42 Å². The van der Waals surface area contributed by atoms with Crippen molar-refractivity contribution in [3.05, 3.63) is 47.2 Å². The molecule has 30 heavy (non-hydrogen) atoms. The number of hydrogen-bond donors (Lipinski definition) is 4. The minimum absolute atomic E-state index is 0.132. The predicted molar refractivity (Wildman–Crippen MR) is 112 cm³/mol. The summed E-state index contributed by atoms with van der Waals surface area (Å²) in [6.07, 6.45) is 1.61. The van der Waals surface area contributed by atoms with Gasteiger partial charge in [-0.15, -0.1) is 0 Å². The second-order valence-electron chi connectivity index (χ2n) is 7.24. The van der Waals surface area contributed by atoms with Crippen LogP contribution in [0.5, 0.6) is 0 Å². The van der Waals surface area contributed by atoms with Crippen LogP contribution >= 0.6 is 22.6 Å². The molecule has 0 aliphatic heterocycles. The molecule has 0 bridgehead atoms. The normalized spacial score (nSPS) is 21.5. The van der Waals surface area contributed by atoms with Gasteiger partial charge in [0.25, 0.3) is 0 Å². The quantitative estimate of drug-likeness (QED) is 0.169. The molecule has 12 heteroatoms. The molecule has 2 aliphatic carbocycles. The molecule has 0 amide bonds. The third-order valence-corrected chi connectivity index (χ3v) is 8.05. The fourth-order valence-corrected chi connectivity index (χ4v) is 5.47. The zero-order valence-corrected chi connectivity index (χ0v) is 18.4. The molecule has 2 aliphatic rings. The summed E-state index contributed by atoms with van der Waals surface area (Å²) < 4.78 is 82.9. The molecule has 4 N–H and O–H groups in total. The topological polar surface area (TPSA) is 98.7 Å². The molecular formula is C18H19F4IN2O4S. The summed E-state index contributed by atoms with van der Waals surface area (Å²) in [5.41, 5.74) is -2.04. The number of allylic oxidation sites excluding steroid dienone is 3. The Morgan fingerprint density at radius 1 is 1.20 bits per heavy atom. The minimum atomic E-state index is -4.36. The zero-order valence-electron chi connectivity index (χ0n) is 15.4. The lowest BCUT2D eigenvalue weighted by atomic mass is 10.1. The van der Waals surface area contributed by atoms with E-state index < -0.39 is 62.1 Å². The molecule has 166 valence electrons. The maximum atomic E-state index is 14.5. The number of aliphatic hydroxyl groups is 2. The van der Waals surface area contributed by atoms with Crippen molar-refractivity contribution in [1.29, 1.82) is 0 Å². The summed E-state index contributed by atoms with van der Waals surface area (Å²) in [7, 11) is -4.36. The van der Waals surface area contributed by atoms with Gasteiger partial charge in [-0.05, 0) is 31.8 Å². The van der Waals surface area contributed by atoms with Gasteiger partial charge >= 0.3 is 0 Å². The summed E-state index contributed by atoms with van der Waals surface area (Å²) in [4.78, 5) is 0. The van der Waals surface area contributed by atoms with Gasteiger partial charge < -0.3 is 15.5 Å². The van der Waals surface area contributed by atoms with E-state index >= 15 is 0 Å². The van der Waals surface area contributed by atoms with Crippen LogP contribution in [0, 0.1) is 17.5 Å². The third kappa shape index (κ3) is 4.60. The average molecular weight is 562 g/mol. The van der Waals surface area contributed by atoms with Crippen LogP contribution in [0.1, 0.15) is 25.7 Å². The molecule has 0 heterocycles. The maximum absolute atomic E-state index is 14.5. The van der Waals surface area contributed by atoms with E-state index in [-0.39, 0.29) is 35.0 Å². The zero-order chi connectivity index (χ0) is 22.3. The van der Waals surface area contributed by atoms with Crippen molar-refractivity contribution in [3.8, 4) is 0 Å². The molecule has 0 spiro atoms. The van der Waals surface area contributed by atoms with E-state index in [1.54, 1.807) is 0 Å². The van der Waals surface area contributed by atoms with E-state index in [9.17, 15) is 31.1 Å². The second kappa shape index (κ2) is 8.63. The van der Waals surface area contributed by atoms with Gasteiger partial charge in [0.05, 0.1) is 23.2 Å². The first-order valence-corrected chi connectivity index (χ1v) is 11.7. The molecule has 1 saturated carbocycles. The predicted octanol–water partition coefficient (Wildman–Crippen LogP) is 3.48. The first kappa shape index (κ1) is 23.3. The Morgan fingerprint density at radius 2 is 1.87 bits per heavy atom. The number of anilines is 2. The summed E-state index contributed by atoms with van der Waals surface area (Å²) in [6, 6.07) is 0.183. The Hall–Kier alpha value is -1.38. The monoisotopic (exact) mass is 562 g/mol. The number of halogens is 5. The Balaban J connectivity index is 1.97. The summed E-state index contributed by atoms with van der Waals surface area (Å²) >= 11 is 1.97. The molecule has 3 rings (SSSR count). The lowest BCUT2D eigenvalue weighted by Gasteiger charge is -2.23. The van der Waals surface area contributed by atoms with Gasteiger partial charge in [0, 0.05) is 9.99 Å². The summed E-state index contributed by atoms with van der Waals surface area (Å²) in [5, 5.41) is 20.9. The highest BCUT2D eigenvalue weighted by atomic mass is 127. The molecule has 2 unspecified atom stereocenters. The Kier molecular flexibility index (Phi) is 6.70. The highest BCUT2D eigenvalue weighted by molar-refractivity contribution is 14.1. The number of alkyl halides is 1. The molecule has 2 atom stereocenters. The average Bonchev–Trinajstić information content (AvgIpc) is 3.45. The Labute approximate surface area is 184 Å². The van der Waals surface area contributed by atoms with Crippen molar-refractivity contribution in [1.82, 2.24) is 0 Å². The van der Waals surface area contributed by atoms with Crippen LogP contribution in [-0.4, -0.2) is 40.0 Å². The van der Waals surface area contributed by atoms with Crippen LogP contribution in [0.15, 0.2) is 29.7 Å². The number of hydrogen-bond acceptors (Lipinski definition) is 5. The largest absolute Gasteiger partial charge is 0.394 e. The number of rotatable bonds is 8. The van der Waals surface area contributed by atoms with Crippen LogP contribution in [-0.2, 0) is 10.0 Å². The number of benzene rings is 1. The molecule has 0 saturated heterocycles. The molecule has 1 aromatic carbocycles. The summed E-state index contributed by atoms with van der Waals surface area (Å²) in [6.45, 7) is -0.665. The highest BCUT2D eigenvalue weighted by Gasteiger charge is 2.55. The molecule has 1 fully saturated rings. The highest BCUT2D eigenvalue weighted by Crippen LogP contribution is 2.48. The van der Waals surface area contributed by atoms with Crippen molar-refractivity contribution in [2.75, 3.05) is 16.6 Å². The molecule has 6 nitrogen and oxygen atoms in total. The van der Waals surface area contributed by atoms with Crippen LogP contribution in [0.4, 0.5) is 28.9 Å². The van der Waals surface area contributed by atoms with Gasteiger partial charge in [0.1, 0.15) is 17.2 Å². The van der Waals surface area contributed by atoms with Crippen LogP contribution in [0.2, 0.25) is 0 Å². The van der Waals surface area contributed by atoms with E-state index in [0.717, 1.165) is 0 Å². The van der Waals surface area contributed by atoms with E-state index in [1.165, 1.54) is 12.2 Å². The number of sulfonamides is 1. The van der Waals surface area contributed by atoms with Gasteiger partial charge in [-0.1, -0.05) is 28.7 Å². The Morgan fingerprint density at radius 3 is 2.43 bits per heavy atom. The van der Waals surface area contributed by atoms with Gasteiger partial charge in [0.2, 0.25) is 10.0 Å². The standard InChI is InChI=1S/C18H19F4IN2O4S/c19-11-5-9(23)1-2-14(11)24-17-15(22)12(20)6-13(21)16(17)25-30(28,29)18(3-4-18)7-10(27)8-26/h2,5-6,9-10,24-27H,1,3-4,7-8H2. The van der Waals surface area contributed by atoms with Crippen molar-refractivity contribution >= 4 is 44.0 Å². The van der Waals surface area contributed by atoms with Gasteiger partial charge in [0.15, 0.2) is 17.5 Å². The number of aliphatic hydroxyl groups excluding tert-OH is 2. The lowest BCUT2D eigenvalue weighted by molar-refractivity contribution is 0.0858. The molecule has 1 aromatic rings. The first-order valence-electron chi connectivity index (χ1n) is 8.97. The van der Waals surface area contributed by atoms with Crippen molar-refractivity contribution in [2.24, 2.45) is 0 Å². The van der Waals surface area contributed by atoms with Gasteiger partial charge in [-0.2, -0.15) is 0 Å². The minimum Gasteiger partial charge on any atom is -0.394 e. The van der Waals surface area contributed by atoms with Crippen LogP contribution in [0.25, 0.3) is 0 Å². The van der Waals surface area contributed by atoms with Crippen LogP contribution in [0.3, 0.4) is 0 Å². The van der Waals surface area contributed by atoms with Crippen molar-refractivity contribution in [2.45, 2.75) is 40.5 Å². The SMILES string of the molecule is O=S(=O)(Nc1c(F)cc(F)c(F)c1NC1=CCC(I)C=C1F)C1(CC(O)CO)CC1. The van der Waals surface area contributed by atoms with Gasteiger partial charge in [-0.3, -0.25) is 4.72 Å². The number of nitrogens with one attached hydrogen (secondary N) is 2. The van der Waals surface area contributed by atoms with Gasteiger partial charge in [-0.25, -0.2) is 26.0 Å². The smallest absolute Gasteiger partial charge is 0.238 e. The molecular weight excluding hydrogens is 543 g/mol. The molecule has 0 aromatic heterocycles. The summed E-state index contributed by atoms with van der Waals surface area (Å²) in [5.74, 6) is -5.34. The molecule has 0 radical (unpaired) electrons. The lowest BCUT2D eigenvalue weighted by Crippen LogP contribution is -2.35. The fourth-order valence-electron chi connectivity index (χ4n) is 3.16.